The normalized spacial score (nSPS) is 15.3. The summed E-state index contributed by atoms with van der Waals surface area (Å²) in [6, 6.07) is 6.33. The summed E-state index contributed by atoms with van der Waals surface area (Å²) in [5.74, 6) is 0. The van der Waals surface area contributed by atoms with Crippen LogP contribution in [-0.2, 0) is 0 Å². The summed E-state index contributed by atoms with van der Waals surface area (Å²) >= 11 is 9.69. The van der Waals surface area contributed by atoms with Crippen molar-refractivity contribution >= 4 is 27.5 Å². The van der Waals surface area contributed by atoms with Gasteiger partial charge in [0.1, 0.15) is 0 Å². The Morgan fingerprint density at radius 2 is 2.00 bits per heavy atom. The smallest absolute Gasteiger partial charge is 0.0464 e. The molecule has 108 valence electrons. The van der Waals surface area contributed by atoms with Crippen molar-refractivity contribution < 1.29 is 5.11 Å². The van der Waals surface area contributed by atoms with Gasteiger partial charge in [-0.25, -0.2) is 0 Å². The van der Waals surface area contributed by atoms with E-state index >= 15 is 0 Å². The summed E-state index contributed by atoms with van der Waals surface area (Å²) < 4.78 is 0.983. The van der Waals surface area contributed by atoms with Crippen LogP contribution in [0.2, 0.25) is 5.02 Å². The van der Waals surface area contributed by atoms with Crippen molar-refractivity contribution in [3.05, 3.63) is 33.3 Å². The summed E-state index contributed by atoms with van der Waals surface area (Å²) in [5.41, 5.74) is 1.18. The Morgan fingerprint density at radius 1 is 1.37 bits per heavy atom. The van der Waals surface area contributed by atoms with E-state index in [0.29, 0.717) is 0 Å². The van der Waals surface area contributed by atoms with E-state index in [1.165, 1.54) is 0 Å². The Labute approximate surface area is 129 Å². The second-order valence-corrected chi connectivity index (χ2v) is 7.31. The monoisotopic (exact) mass is 347 g/mol. The zero-order valence-electron chi connectivity index (χ0n) is 12.0. The lowest BCUT2D eigenvalue weighted by molar-refractivity contribution is 0.188. The van der Waals surface area contributed by atoms with Crippen molar-refractivity contribution in [2.75, 3.05) is 6.61 Å². The van der Waals surface area contributed by atoms with Crippen molar-refractivity contribution in [3.8, 4) is 0 Å². The minimum atomic E-state index is 0.0961. The summed E-state index contributed by atoms with van der Waals surface area (Å²) in [7, 11) is 0. The molecule has 0 radical (unpaired) electrons. The van der Waals surface area contributed by atoms with Gasteiger partial charge in [-0.3, -0.25) is 0 Å². The fraction of sp³-hybridized carbons (Fsp3) is 0.600. The largest absolute Gasteiger partial charge is 0.396 e. The van der Waals surface area contributed by atoms with Gasteiger partial charge in [-0.1, -0.05) is 54.4 Å². The minimum absolute atomic E-state index is 0.0961. The Balaban J connectivity index is 2.84. The summed E-state index contributed by atoms with van der Waals surface area (Å²) in [4.78, 5) is 0. The van der Waals surface area contributed by atoms with E-state index in [4.69, 9.17) is 11.6 Å². The zero-order chi connectivity index (χ0) is 14.6. The molecule has 0 aliphatic rings. The third-order valence-electron chi connectivity index (χ3n) is 3.34. The molecule has 0 saturated carbocycles. The summed E-state index contributed by atoms with van der Waals surface area (Å²) in [6.45, 7) is 8.82. The van der Waals surface area contributed by atoms with E-state index < -0.39 is 0 Å². The van der Waals surface area contributed by atoms with Gasteiger partial charge >= 0.3 is 0 Å². The maximum absolute atomic E-state index is 9.20. The van der Waals surface area contributed by atoms with E-state index in [0.717, 1.165) is 21.5 Å². The molecule has 0 aromatic heterocycles. The number of hydrogen-bond acceptors (Lipinski definition) is 2. The number of hydrogen-bond donors (Lipinski definition) is 2. The fourth-order valence-corrected chi connectivity index (χ4v) is 2.98. The molecule has 0 heterocycles. The first-order valence-electron chi connectivity index (χ1n) is 6.57. The average molecular weight is 349 g/mol. The molecule has 0 spiro atoms. The van der Waals surface area contributed by atoms with Crippen molar-refractivity contribution in [1.82, 2.24) is 5.32 Å². The van der Waals surface area contributed by atoms with Crippen LogP contribution in [-0.4, -0.2) is 17.8 Å². The number of aliphatic hydroxyl groups excluding tert-OH is 1. The van der Waals surface area contributed by atoms with Gasteiger partial charge in [0.25, 0.3) is 0 Å². The standard InChI is InChI=1S/C15H23BrClNO/c1-10(12-6-5-11(16)9-13(12)17)18-14(7-8-19)15(2,3)4/h5-6,9-10,14,18-19H,7-8H2,1-4H3. The molecular formula is C15H23BrClNO. The van der Waals surface area contributed by atoms with Crippen molar-refractivity contribution in [3.63, 3.8) is 0 Å². The molecule has 0 fully saturated rings. The molecule has 1 aromatic rings. The van der Waals surface area contributed by atoms with Crippen LogP contribution < -0.4 is 5.32 Å². The van der Waals surface area contributed by atoms with Crippen LogP contribution in [0.25, 0.3) is 0 Å². The quantitative estimate of drug-likeness (QED) is 0.818. The topological polar surface area (TPSA) is 32.3 Å². The predicted molar refractivity (Wildman–Crippen MR) is 85.6 cm³/mol. The van der Waals surface area contributed by atoms with E-state index in [9.17, 15) is 5.11 Å². The molecule has 2 atom stereocenters. The molecule has 0 amide bonds. The molecule has 19 heavy (non-hydrogen) atoms. The molecule has 2 nitrogen and oxygen atoms in total. The lowest BCUT2D eigenvalue weighted by Crippen LogP contribution is -2.42. The van der Waals surface area contributed by atoms with Gasteiger partial charge in [0.15, 0.2) is 0 Å². The SMILES string of the molecule is CC(NC(CCO)C(C)(C)C)c1ccc(Br)cc1Cl. The van der Waals surface area contributed by atoms with Crippen LogP contribution >= 0.6 is 27.5 Å². The van der Waals surface area contributed by atoms with E-state index in [-0.39, 0.29) is 24.1 Å². The Hall–Kier alpha value is -0.0900. The third kappa shape index (κ3) is 5.07. The summed E-state index contributed by atoms with van der Waals surface area (Å²) in [6.07, 6.45) is 0.738. The maximum Gasteiger partial charge on any atom is 0.0464 e. The van der Waals surface area contributed by atoms with Gasteiger partial charge < -0.3 is 10.4 Å². The van der Waals surface area contributed by atoms with E-state index in [1.54, 1.807) is 0 Å². The van der Waals surface area contributed by atoms with Gasteiger partial charge in [-0.15, -0.1) is 0 Å². The van der Waals surface area contributed by atoms with Crippen LogP contribution in [0.5, 0.6) is 0 Å². The van der Waals surface area contributed by atoms with Crippen molar-refractivity contribution in [2.24, 2.45) is 5.41 Å². The highest BCUT2D eigenvalue weighted by atomic mass is 79.9. The molecular weight excluding hydrogens is 326 g/mol. The number of halogens is 2. The van der Waals surface area contributed by atoms with Gasteiger partial charge in [-0.2, -0.15) is 0 Å². The van der Waals surface area contributed by atoms with E-state index in [1.807, 2.05) is 18.2 Å². The number of nitrogens with one attached hydrogen (secondary N) is 1. The maximum atomic E-state index is 9.20. The fourth-order valence-electron chi connectivity index (χ4n) is 2.14. The number of rotatable bonds is 5. The summed E-state index contributed by atoms with van der Waals surface area (Å²) in [5, 5.41) is 13.5. The third-order valence-corrected chi connectivity index (χ3v) is 4.16. The first-order valence-corrected chi connectivity index (χ1v) is 7.74. The molecule has 2 N–H and O–H groups in total. The predicted octanol–water partition coefficient (Wildman–Crippen LogP) is 4.55. The highest BCUT2D eigenvalue weighted by molar-refractivity contribution is 9.10. The molecule has 0 aliphatic carbocycles. The Bertz CT molecular complexity index is 417. The molecule has 0 saturated heterocycles. The lowest BCUT2D eigenvalue weighted by Gasteiger charge is -2.34. The first kappa shape index (κ1) is 17.0. The van der Waals surface area contributed by atoms with Crippen LogP contribution in [0, 0.1) is 5.41 Å². The number of aliphatic hydroxyl groups is 1. The van der Waals surface area contributed by atoms with Gasteiger partial charge in [0.2, 0.25) is 0 Å². The molecule has 2 unspecified atom stereocenters. The van der Waals surface area contributed by atoms with Crippen molar-refractivity contribution in [1.29, 1.82) is 0 Å². The van der Waals surface area contributed by atoms with Gasteiger partial charge in [0.05, 0.1) is 0 Å². The van der Waals surface area contributed by atoms with Crippen LogP contribution in [0.3, 0.4) is 0 Å². The second kappa shape index (κ2) is 7.07. The van der Waals surface area contributed by atoms with Gasteiger partial charge in [0, 0.05) is 28.2 Å². The van der Waals surface area contributed by atoms with Crippen LogP contribution in [0.15, 0.2) is 22.7 Å². The second-order valence-electron chi connectivity index (χ2n) is 5.99. The first-order chi connectivity index (χ1) is 8.75. The van der Waals surface area contributed by atoms with Crippen LogP contribution in [0.1, 0.15) is 45.7 Å². The highest BCUT2D eigenvalue weighted by Gasteiger charge is 2.26. The molecule has 0 aliphatic heterocycles. The van der Waals surface area contributed by atoms with E-state index in [2.05, 4.69) is 48.9 Å². The Morgan fingerprint density at radius 3 is 2.47 bits per heavy atom. The average Bonchev–Trinajstić information content (AvgIpc) is 2.26. The van der Waals surface area contributed by atoms with Crippen molar-refractivity contribution in [2.45, 2.75) is 46.2 Å². The Kier molecular flexibility index (Phi) is 6.31. The molecule has 4 heteroatoms. The zero-order valence-corrected chi connectivity index (χ0v) is 14.3. The molecule has 1 aromatic carbocycles. The van der Waals surface area contributed by atoms with Gasteiger partial charge in [-0.05, 0) is 36.5 Å². The number of benzene rings is 1. The minimum Gasteiger partial charge on any atom is -0.396 e. The highest BCUT2D eigenvalue weighted by Crippen LogP contribution is 2.29. The molecule has 0 bridgehead atoms. The molecule has 1 rings (SSSR count). The lowest BCUT2D eigenvalue weighted by atomic mass is 9.84. The van der Waals surface area contributed by atoms with Crippen LogP contribution in [0.4, 0.5) is 0 Å².